The zero-order chi connectivity index (χ0) is 18.0. The number of aryl methyl sites for hydroxylation is 1. The van der Waals surface area contributed by atoms with E-state index in [0.717, 1.165) is 22.9 Å². The summed E-state index contributed by atoms with van der Waals surface area (Å²) in [6, 6.07) is 5.81. The van der Waals surface area contributed by atoms with E-state index >= 15 is 0 Å². The third-order valence-corrected chi connectivity index (χ3v) is 4.06. The molecule has 0 bridgehead atoms. The summed E-state index contributed by atoms with van der Waals surface area (Å²) in [5.74, 6) is 0.0858. The maximum absolute atomic E-state index is 12.3. The molecular weight excluding hydrogens is 322 g/mol. The fourth-order valence-corrected chi connectivity index (χ4v) is 2.91. The minimum atomic E-state index is -0.417. The Morgan fingerprint density at radius 3 is 2.76 bits per heavy atom. The number of aromatic amines is 2. The second kappa shape index (κ2) is 6.76. The summed E-state index contributed by atoms with van der Waals surface area (Å²) in [4.78, 5) is 37.6. The van der Waals surface area contributed by atoms with Crippen molar-refractivity contribution < 1.29 is 9.59 Å². The van der Waals surface area contributed by atoms with Crippen LogP contribution in [-0.2, 0) is 24.3 Å². The van der Waals surface area contributed by atoms with Gasteiger partial charge in [0, 0.05) is 17.1 Å². The number of aromatic nitrogens is 4. The van der Waals surface area contributed by atoms with Crippen molar-refractivity contribution in [2.24, 2.45) is 0 Å². The zero-order valence-corrected chi connectivity index (χ0v) is 14.0. The topological polar surface area (TPSA) is 113 Å². The van der Waals surface area contributed by atoms with Crippen LogP contribution in [0, 0.1) is 0 Å². The lowest BCUT2D eigenvalue weighted by Gasteiger charge is -2.09. The summed E-state index contributed by atoms with van der Waals surface area (Å²) in [5.41, 5.74) is 2.17. The number of Topliss-reactive ketones (excluding diaryl/α,β-unsaturated/α-hetero) is 1. The fourth-order valence-electron chi connectivity index (χ4n) is 2.91. The number of nitrogens with zero attached hydrogens (tertiary/aromatic N) is 2. The van der Waals surface area contributed by atoms with Crippen molar-refractivity contribution >= 4 is 22.6 Å². The van der Waals surface area contributed by atoms with Gasteiger partial charge in [-0.25, -0.2) is 9.89 Å². The molecule has 0 aliphatic rings. The van der Waals surface area contributed by atoms with E-state index in [1.54, 1.807) is 10.8 Å². The number of hydrogen-bond donors (Lipinski definition) is 3. The van der Waals surface area contributed by atoms with Gasteiger partial charge in [-0.15, -0.1) is 0 Å². The van der Waals surface area contributed by atoms with Crippen molar-refractivity contribution in [3.05, 3.63) is 51.8 Å². The number of carbonyl (C=O) groups is 2. The Morgan fingerprint density at radius 1 is 1.32 bits per heavy atom. The van der Waals surface area contributed by atoms with Crippen LogP contribution in [-0.4, -0.2) is 31.4 Å². The lowest BCUT2D eigenvalue weighted by Crippen LogP contribution is -2.27. The summed E-state index contributed by atoms with van der Waals surface area (Å²) in [6.45, 7) is 3.76. The fraction of sp³-hybridized carbons (Fsp3) is 0.294. The Labute approximate surface area is 143 Å². The van der Waals surface area contributed by atoms with Gasteiger partial charge in [-0.3, -0.25) is 14.6 Å². The van der Waals surface area contributed by atoms with Gasteiger partial charge in [-0.05, 0) is 18.9 Å². The summed E-state index contributed by atoms with van der Waals surface area (Å²) < 4.78 is 1.80. The molecule has 130 valence electrons. The number of ketones is 1. The molecule has 3 aromatic rings. The molecule has 0 aliphatic carbocycles. The molecule has 1 aromatic carbocycles. The maximum atomic E-state index is 12.3. The van der Waals surface area contributed by atoms with E-state index < -0.39 is 5.69 Å². The number of fused-ring (bicyclic) bond motifs is 1. The molecule has 8 nitrogen and oxygen atoms in total. The molecule has 0 unspecified atom stereocenters. The number of rotatable bonds is 6. The highest BCUT2D eigenvalue weighted by Crippen LogP contribution is 2.25. The predicted molar refractivity (Wildman–Crippen MR) is 92.4 cm³/mol. The van der Waals surface area contributed by atoms with Crippen molar-refractivity contribution in [2.75, 3.05) is 0 Å². The highest BCUT2D eigenvalue weighted by molar-refractivity contribution is 6.07. The van der Waals surface area contributed by atoms with Crippen molar-refractivity contribution in [1.82, 2.24) is 25.1 Å². The minimum Gasteiger partial charge on any atom is -0.347 e. The van der Waals surface area contributed by atoms with Gasteiger partial charge in [-0.2, -0.15) is 5.10 Å². The van der Waals surface area contributed by atoms with Crippen LogP contribution >= 0.6 is 0 Å². The molecule has 1 amide bonds. The molecule has 0 aliphatic heterocycles. The Hall–Kier alpha value is -3.16. The van der Waals surface area contributed by atoms with Gasteiger partial charge in [0.1, 0.15) is 12.4 Å². The standard InChI is InChI=1S/C17H19N5O3/c1-3-11-5-4-6-12-13(10(2)23)8-22(16(11)12)9-15(24)18-7-14-19-17(25)21-20-14/h4-6,8H,3,7,9H2,1-2H3,(H,18,24)(H2,19,20,21,25). The van der Waals surface area contributed by atoms with Crippen LogP contribution < -0.4 is 11.0 Å². The molecule has 2 aromatic heterocycles. The number of H-pyrrole nitrogens is 2. The van der Waals surface area contributed by atoms with Gasteiger partial charge in [0.2, 0.25) is 5.91 Å². The Morgan fingerprint density at radius 2 is 2.12 bits per heavy atom. The SMILES string of the molecule is CCc1cccc2c(C(C)=O)cn(CC(=O)NCc3n[nH]c(=O)[nH]3)c12. The molecule has 0 saturated carbocycles. The Balaban J connectivity index is 1.86. The second-order valence-corrected chi connectivity index (χ2v) is 5.79. The summed E-state index contributed by atoms with van der Waals surface area (Å²) in [6.07, 6.45) is 2.52. The minimum absolute atomic E-state index is 0.0356. The van der Waals surface area contributed by atoms with Gasteiger partial charge < -0.3 is 9.88 Å². The smallest absolute Gasteiger partial charge is 0.340 e. The first-order valence-electron chi connectivity index (χ1n) is 8.01. The number of benzene rings is 1. The van der Waals surface area contributed by atoms with Crippen molar-refractivity contribution in [2.45, 2.75) is 33.4 Å². The quantitative estimate of drug-likeness (QED) is 0.583. The normalized spacial score (nSPS) is 11.0. The molecule has 0 spiro atoms. The van der Waals surface area contributed by atoms with Crippen LogP contribution in [0.25, 0.3) is 10.9 Å². The summed E-state index contributed by atoms with van der Waals surface area (Å²) in [7, 11) is 0. The lowest BCUT2D eigenvalue weighted by atomic mass is 10.1. The molecule has 3 rings (SSSR count). The van der Waals surface area contributed by atoms with Crippen LogP contribution in [0.4, 0.5) is 0 Å². The molecule has 0 fully saturated rings. The number of para-hydroxylation sites is 1. The third kappa shape index (κ3) is 3.37. The van der Waals surface area contributed by atoms with Gasteiger partial charge >= 0.3 is 5.69 Å². The monoisotopic (exact) mass is 341 g/mol. The highest BCUT2D eigenvalue weighted by Gasteiger charge is 2.16. The van der Waals surface area contributed by atoms with E-state index in [2.05, 4.69) is 20.5 Å². The number of nitrogens with one attached hydrogen (secondary N) is 3. The average molecular weight is 341 g/mol. The second-order valence-electron chi connectivity index (χ2n) is 5.79. The van der Waals surface area contributed by atoms with E-state index in [1.165, 1.54) is 6.92 Å². The van der Waals surface area contributed by atoms with Crippen molar-refractivity contribution in [3.8, 4) is 0 Å². The first-order valence-corrected chi connectivity index (χ1v) is 8.01. The van der Waals surface area contributed by atoms with E-state index in [0.29, 0.717) is 11.4 Å². The summed E-state index contributed by atoms with van der Waals surface area (Å²) in [5, 5.41) is 9.54. The van der Waals surface area contributed by atoms with Crippen LogP contribution in [0.15, 0.2) is 29.2 Å². The van der Waals surface area contributed by atoms with E-state index in [1.807, 2.05) is 25.1 Å². The Kier molecular flexibility index (Phi) is 4.51. The predicted octanol–water partition coefficient (Wildman–Crippen LogP) is 1.13. The molecule has 0 saturated heterocycles. The molecule has 0 radical (unpaired) electrons. The molecule has 25 heavy (non-hydrogen) atoms. The summed E-state index contributed by atoms with van der Waals surface area (Å²) >= 11 is 0. The Bertz CT molecular complexity index is 995. The van der Waals surface area contributed by atoms with Gasteiger partial charge in [-0.1, -0.05) is 25.1 Å². The van der Waals surface area contributed by atoms with Crippen LogP contribution in [0.3, 0.4) is 0 Å². The molecule has 3 N–H and O–H groups in total. The maximum Gasteiger partial charge on any atom is 0.340 e. The molecule has 0 atom stereocenters. The number of amides is 1. The van der Waals surface area contributed by atoms with E-state index in [9.17, 15) is 14.4 Å². The van der Waals surface area contributed by atoms with Crippen LogP contribution in [0.1, 0.15) is 35.6 Å². The lowest BCUT2D eigenvalue weighted by molar-refractivity contribution is -0.121. The number of carbonyl (C=O) groups excluding carboxylic acids is 2. The van der Waals surface area contributed by atoms with Crippen LogP contribution in [0.2, 0.25) is 0 Å². The molecular formula is C17H19N5O3. The van der Waals surface area contributed by atoms with Crippen molar-refractivity contribution in [3.63, 3.8) is 0 Å². The third-order valence-electron chi connectivity index (χ3n) is 4.06. The highest BCUT2D eigenvalue weighted by atomic mass is 16.2. The van der Waals surface area contributed by atoms with Gasteiger partial charge in [0.05, 0.1) is 12.1 Å². The molecule has 2 heterocycles. The van der Waals surface area contributed by atoms with E-state index in [-0.39, 0.29) is 24.8 Å². The first kappa shape index (κ1) is 16.7. The van der Waals surface area contributed by atoms with E-state index in [4.69, 9.17) is 0 Å². The average Bonchev–Trinajstić information content (AvgIpc) is 3.17. The van der Waals surface area contributed by atoms with Crippen molar-refractivity contribution in [1.29, 1.82) is 0 Å². The van der Waals surface area contributed by atoms with Gasteiger partial charge in [0.15, 0.2) is 5.78 Å². The number of hydrogen-bond acceptors (Lipinski definition) is 4. The first-order chi connectivity index (χ1) is 12.0. The largest absolute Gasteiger partial charge is 0.347 e. The zero-order valence-electron chi connectivity index (χ0n) is 14.0. The molecule has 8 heteroatoms. The van der Waals surface area contributed by atoms with Crippen LogP contribution in [0.5, 0.6) is 0 Å². The van der Waals surface area contributed by atoms with Gasteiger partial charge in [0.25, 0.3) is 0 Å².